The van der Waals surface area contributed by atoms with Crippen LogP contribution in [0.5, 0.6) is 0 Å². The third kappa shape index (κ3) is 3.38. The summed E-state index contributed by atoms with van der Waals surface area (Å²) >= 11 is 0. The van der Waals surface area contributed by atoms with Crippen molar-refractivity contribution in [1.29, 1.82) is 0 Å². The third-order valence-electron chi connectivity index (χ3n) is 5.77. The van der Waals surface area contributed by atoms with Gasteiger partial charge in [0.15, 0.2) is 0 Å². The van der Waals surface area contributed by atoms with E-state index in [4.69, 9.17) is 0 Å². The van der Waals surface area contributed by atoms with Gasteiger partial charge >= 0.3 is 0 Å². The van der Waals surface area contributed by atoms with Crippen LogP contribution in [0.15, 0.2) is 36.7 Å². The van der Waals surface area contributed by atoms with Crippen molar-refractivity contribution >= 4 is 5.91 Å². The van der Waals surface area contributed by atoms with Crippen LogP contribution in [0.4, 0.5) is 4.39 Å². The van der Waals surface area contributed by atoms with E-state index in [1.54, 1.807) is 16.8 Å². The van der Waals surface area contributed by atoms with E-state index < -0.39 is 0 Å². The van der Waals surface area contributed by atoms with Crippen LogP contribution in [-0.4, -0.2) is 51.2 Å². The first-order valence-electron chi connectivity index (χ1n) is 9.41. The van der Waals surface area contributed by atoms with E-state index in [1.165, 1.54) is 12.1 Å². The van der Waals surface area contributed by atoms with E-state index >= 15 is 0 Å². The average Bonchev–Trinajstić information content (AvgIpc) is 3.25. The molecule has 2 aliphatic heterocycles. The number of hydrogen-bond acceptors (Lipinski definition) is 3. The molecule has 6 heteroatoms. The molecular weight excluding hydrogens is 331 g/mol. The lowest BCUT2D eigenvalue weighted by atomic mass is 9.97. The number of carbonyl (C=O) groups is 1. The Morgan fingerprint density at radius 2 is 1.96 bits per heavy atom. The minimum Gasteiger partial charge on any atom is -0.341 e. The standard InChI is InChI=1S/C20H25FN4O/c1-23-18-10-11-24(19(18)4-2-3-5-20(23)26)13-15-12-22-25(14-15)17-8-6-16(21)7-9-17/h6-9,12,14,18-19H,2-5,10-11,13H2,1H3/t18-,19+/m0/s1. The van der Waals surface area contributed by atoms with Gasteiger partial charge in [-0.1, -0.05) is 6.42 Å². The molecule has 0 radical (unpaired) electrons. The molecule has 138 valence electrons. The number of nitrogens with zero attached hydrogens (tertiary/aromatic N) is 4. The first-order valence-corrected chi connectivity index (χ1v) is 9.41. The second-order valence-corrected chi connectivity index (χ2v) is 7.41. The van der Waals surface area contributed by atoms with Gasteiger partial charge in [-0.2, -0.15) is 5.10 Å². The van der Waals surface area contributed by atoms with Gasteiger partial charge in [-0.05, 0) is 43.5 Å². The monoisotopic (exact) mass is 356 g/mol. The van der Waals surface area contributed by atoms with Crippen LogP contribution < -0.4 is 0 Å². The molecule has 0 unspecified atom stereocenters. The number of amides is 1. The lowest BCUT2D eigenvalue weighted by molar-refractivity contribution is -0.133. The number of likely N-dealkylation sites (tertiary alicyclic amines) is 2. The second kappa shape index (κ2) is 7.19. The maximum absolute atomic E-state index is 13.1. The summed E-state index contributed by atoms with van der Waals surface area (Å²) in [5, 5.41) is 4.43. The molecule has 2 fully saturated rings. The summed E-state index contributed by atoms with van der Waals surface area (Å²) in [7, 11) is 1.96. The third-order valence-corrected chi connectivity index (χ3v) is 5.77. The molecule has 4 rings (SSSR count). The van der Waals surface area contributed by atoms with Crippen LogP contribution in [0.25, 0.3) is 5.69 Å². The highest BCUT2D eigenvalue weighted by Crippen LogP contribution is 2.30. The molecular formula is C20H25FN4O. The van der Waals surface area contributed by atoms with Crippen molar-refractivity contribution in [1.82, 2.24) is 19.6 Å². The Hall–Kier alpha value is -2.21. The summed E-state index contributed by atoms with van der Waals surface area (Å²) in [5.41, 5.74) is 2.00. The predicted octanol–water partition coefficient (Wildman–Crippen LogP) is 2.99. The zero-order valence-electron chi connectivity index (χ0n) is 15.1. The molecule has 26 heavy (non-hydrogen) atoms. The van der Waals surface area contributed by atoms with Gasteiger partial charge in [-0.3, -0.25) is 9.69 Å². The van der Waals surface area contributed by atoms with Crippen LogP contribution in [0.3, 0.4) is 0 Å². The number of carbonyl (C=O) groups excluding carboxylic acids is 1. The van der Waals surface area contributed by atoms with Crippen LogP contribution in [-0.2, 0) is 11.3 Å². The Morgan fingerprint density at radius 3 is 2.77 bits per heavy atom. The fraction of sp³-hybridized carbons (Fsp3) is 0.500. The van der Waals surface area contributed by atoms with E-state index in [9.17, 15) is 9.18 Å². The van der Waals surface area contributed by atoms with Crippen molar-refractivity contribution in [2.24, 2.45) is 0 Å². The average molecular weight is 356 g/mol. The molecule has 0 aliphatic carbocycles. The fourth-order valence-electron chi connectivity index (χ4n) is 4.32. The van der Waals surface area contributed by atoms with Gasteiger partial charge in [-0.25, -0.2) is 9.07 Å². The van der Waals surface area contributed by atoms with Crippen molar-refractivity contribution in [3.8, 4) is 5.69 Å². The minimum atomic E-state index is -0.243. The van der Waals surface area contributed by atoms with Crippen LogP contribution >= 0.6 is 0 Å². The Kier molecular flexibility index (Phi) is 4.76. The number of fused-ring (bicyclic) bond motifs is 1. The summed E-state index contributed by atoms with van der Waals surface area (Å²) in [6.07, 6.45) is 8.87. The Bertz CT molecular complexity index is 772. The zero-order valence-corrected chi connectivity index (χ0v) is 15.1. The largest absolute Gasteiger partial charge is 0.341 e. The molecule has 2 aliphatic rings. The maximum Gasteiger partial charge on any atom is 0.222 e. The van der Waals surface area contributed by atoms with E-state index in [0.717, 1.165) is 50.0 Å². The molecule has 2 atom stereocenters. The Labute approximate surface area is 153 Å². The molecule has 3 heterocycles. The number of likely N-dealkylation sites (N-methyl/N-ethyl adjacent to an activating group) is 1. The molecule has 0 saturated carbocycles. The van der Waals surface area contributed by atoms with E-state index in [2.05, 4.69) is 10.00 Å². The number of hydrogen-bond donors (Lipinski definition) is 0. The van der Waals surface area contributed by atoms with Gasteiger partial charge in [0.2, 0.25) is 5.91 Å². The molecule has 2 saturated heterocycles. The number of halogens is 1. The first-order chi connectivity index (χ1) is 12.6. The SMILES string of the molecule is CN1C(=O)CCCC[C@@H]2[C@@H]1CCN2Cc1cnn(-c2ccc(F)cc2)c1. The van der Waals surface area contributed by atoms with Gasteiger partial charge in [0.1, 0.15) is 5.82 Å². The second-order valence-electron chi connectivity index (χ2n) is 7.41. The van der Waals surface area contributed by atoms with Crippen LogP contribution in [0.1, 0.15) is 37.7 Å². The van der Waals surface area contributed by atoms with E-state index in [1.807, 2.05) is 24.3 Å². The zero-order chi connectivity index (χ0) is 18.1. The van der Waals surface area contributed by atoms with Crippen molar-refractivity contribution in [3.05, 3.63) is 48.0 Å². The van der Waals surface area contributed by atoms with Crippen molar-refractivity contribution in [3.63, 3.8) is 0 Å². The normalized spacial score (nSPS) is 24.4. The fourth-order valence-corrected chi connectivity index (χ4v) is 4.32. The molecule has 5 nitrogen and oxygen atoms in total. The molecule has 0 spiro atoms. The van der Waals surface area contributed by atoms with Gasteiger partial charge < -0.3 is 4.90 Å². The van der Waals surface area contributed by atoms with E-state index in [-0.39, 0.29) is 11.7 Å². The highest BCUT2D eigenvalue weighted by Gasteiger charge is 2.38. The molecule has 1 aromatic carbocycles. The smallest absolute Gasteiger partial charge is 0.222 e. The van der Waals surface area contributed by atoms with Crippen molar-refractivity contribution in [2.45, 2.75) is 50.7 Å². The summed E-state index contributed by atoms with van der Waals surface area (Å²) in [5.74, 6) is 0.0397. The lowest BCUT2D eigenvalue weighted by Crippen LogP contribution is -2.46. The highest BCUT2D eigenvalue weighted by molar-refractivity contribution is 5.76. The summed E-state index contributed by atoms with van der Waals surface area (Å²) in [4.78, 5) is 16.7. The lowest BCUT2D eigenvalue weighted by Gasteiger charge is -2.35. The van der Waals surface area contributed by atoms with Gasteiger partial charge in [0, 0.05) is 50.4 Å². The van der Waals surface area contributed by atoms with Gasteiger partial charge in [-0.15, -0.1) is 0 Å². The van der Waals surface area contributed by atoms with Gasteiger partial charge in [0.05, 0.1) is 11.9 Å². The van der Waals surface area contributed by atoms with Crippen LogP contribution in [0, 0.1) is 5.82 Å². The molecule has 1 aromatic heterocycles. The highest BCUT2D eigenvalue weighted by atomic mass is 19.1. The van der Waals surface area contributed by atoms with Gasteiger partial charge in [0.25, 0.3) is 0 Å². The summed E-state index contributed by atoms with van der Waals surface area (Å²) in [6, 6.07) is 7.11. The number of aromatic nitrogens is 2. The quantitative estimate of drug-likeness (QED) is 0.849. The van der Waals surface area contributed by atoms with Crippen LogP contribution in [0.2, 0.25) is 0 Å². The van der Waals surface area contributed by atoms with Crippen molar-refractivity contribution < 1.29 is 9.18 Å². The Morgan fingerprint density at radius 1 is 1.15 bits per heavy atom. The maximum atomic E-state index is 13.1. The molecule has 1 amide bonds. The predicted molar refractivity (Wildman–Crippen MR) is 97.4 cm³/mol. The molecule has 0 bridgehead atoms. The minimum absolute atomic E-state index is 0.243. The number of rotatable bonds is 3. The molecule has 2 aromatic rings. The Balaban J connectivity index is 1.47. The van der Waals surface area contributed by atoms with Crippen molar-refractivity contribution in [2.75, 3.05) is 13.6 Å². The topological polar surface area (TPSA) is 41.4 Å². The summed E-state index contributed by atoms with van der Waals surface area (Å²) in [6.45, 7) is 1.85. The first kappa shape index (κ1) is 17.2. The molecule has 0 N–H and O–H groups in total. The number of benzene rings is 1. The summed E-state index contributed by atoms with van der Waals surface area (Å²) < 4.78 is 14.9. The van der Waals surface area contributed by atoms with E-state index in [0.29, 0.717) is 18.5 Å².